The van der Waals surface area contributed by atoms with E-state index < -0.39 is 0 Å². The topological polar surface area (TPSA) is 33.5 Å². The molecule has 0 atom stereocenters. The van der Waals surface area contributed by atoms with Gasteiger partial charge in [0, 0.05) is 24.0 Å². The molecule has 3 nitrogen and oxygen atoms in total. The lowest BCUT2D eigenvalue weighted by Crippen LogP contribution is -2.35. The Morgan fingerprint density at radius 1 is 1.26 bits per heavy atom. The first-order chi connectivity index (χ1) is 9.29. The number of furan rings is 1. The largest absolute Gasteiger partial charge is 0.465 e. The van der Waals surface area contributed by atoms with E-state index in [0.29, 0.717) is 0 Å². The van der Waals surface area contributed by atoms with Gasteiger partial charge in [-0.3, -0.25) is 4.79 Å². The third-order valence-corrected chi connectivity index (χ3v) is 3.81. The number of hydrogen-bond donors (Lipinski definition) is 0. The molecule has 1 aromatic carbocycles. The molecule has 0 bridgehead atoms. The van der Waals surface area contributed by atoms with Crippen LogP contribution in [0.5, 0.6) is 0 Å². The van der Waals surface area contributed by atoms with Crippen LogP contribution < -0.4 is 5.46 Å². The molecule has 1 amide bonds. The maximum Gasteiger partial charge on any atom is 0.253 e. The summed E-state index contributed by atoms with van der Waals surface area (Å²) < 4.78 is 5.52. The van der Waals surface area contributed by atoms with E-state index in [1.54, 1.807) is 6.26 Å². The smallest absolute Gasteiger partial charge is 0.253 e. The van der Waals surface area contributed by atoms with Gasteiger partial charge in [0.15, 0.2) is 7.28 Å². The van der Waals surface area contributed by atoms with Crippen LogP contribution in [0, 0.1) is 0 Å². The molecule has 0 spiro atoms. The number of benzene rings is 1. The van der Waals surface area contributed by atoms with E-state index in [1.165, 1.54) is 6.42 Å². The summed E-state index contributed by atoms with van der Waals surface area (Å²) in [7, 11) is 2.01. The van der Waals surface area contributed by atoms with Crippen LogP contribution in [0.15, 0.2) is 28.9 Å². The van der Waals surface area contributed by atoms with Gasteiger partial charge in [-0.25, -0.2) is 0 Å². The van der Waals surface area contributed by atoms with E-state index in [1.807, 2.05) is 37.2 Å². The van der Waals surface area contributed by atoms with Gasteiger partial charge in [-0.1, -0.05) is 12.9 Å². The predicted octanol–water partition coefficient (Wildman–Crippen LogP) is 2.44. The summed E-state index contributed by atoms with van der Waals surface area (Å²) >= 11 is 0. The minimum atomic E-state index is 0.125. The number of amides is 1. The van der Waals surface area contributed by atoms with Crippen LogP contribution in [0.25, 0.3) is 11.0 Å². The van der Waals surface area contributed by atoms with Crippen LogP contribution in [0.2, 0.25) is 6.82 Å². The summed E-state index contributed by atoms with van der Waals surface area (Å²) in [5, 5.41) is 1.07. The first kappa shape index (κ1) is 12.3. The van der Waals surface area contributed by atoms with Gasteiger partial charge in [-0.05, 0) is 36.9 Å². The second-order valence-electron chi connectivity index (χ2n) is 5.04. The van der Waals surface area contributed by atoms with Crippen molar-refractivity contribution >= 4 is 29.6 Å². The molecule has 3 rings (SSSR count). The molecule has 2 aromatic rings. The number of carbonyl (C=O) groups excluding carboxylic acids is 1. The van der Waals surface area contributed by atoms with Crippen molar-refractivity contribution in [3.8, 4) is 0 Å². The SMILES string of the molecule is C[B]c1coc2cc(C(=O)N3CCCCC3)ccc12. The van der Waals surface area contributed by atoms with Crippen LogP contribution >= 0.6 is 0 Å². The van der Waals surface area contributed by atoms with Gasteiger partial charge >= 0.3 is 0 Å². The molecule has 97 valence electrons. The minimum absolute atomic E-state index is 0.125. The molecule has 1 aromatic heterocycles. The Kier molecular flexibility index (Phi) is 3.32. The Labute approximate surface area is 113 Å². The molecule has 4 heteroatoms. The molecule has 2 heterocycles. The van der Waals surface area contributed by atoms with Crippen molar-refractivity contribution in [2.24, 2.45) is 0 Å². The van der Waals surface area contributed by atoms with E-state index in [0.717, 1.165) is 47.9 Å². The van der Waals surface area contributed by atoms with Gasteiger partial charge in [-0.2, -0.15) is 0 Å². The van der Waals surface area contributed by atoms with E-state index >= 15 is 0 Å². The van der Waals surface area contributed by atoms with Crippen LogP contribution in [0.4, 0.5) is 0 Å². The van der Waals surface area contributed by atoms with Crippen LogP contribution in [-0.4, -0.2) is 31.2 Å². The van der Waals surface area contributed by atoms with Gasteiger partial charge in [0.25, 0.3) is 5.91 Å². The first-order valence-electron chi connectivity index (χ1n) is 6.89. The highest BCUT2D eigenvalue weighted by atomic mass is 16.3. The molecule has 0 saturated carbocycles. The van der Waals surface area contributed by atoms with E-state index in [4.69, 9.17) is 4.42 Å². The second-order valence-corrected chi connectivity index (χ2v) is 5.04. The van der Waals surface area contributed by atoms with Crippen molar-refractivity contribution in [1.82, 2.24) is 4.90 Å². The average molecular weight is 254 g/mol. The Hall–Kier alpha value is -1.71. The lowest BCUT2D eigenvalue weighted by atomic mass is 9.73. The monoisotopic (exact) mass is 254 g/mol. The summed E-state index contributed by atoms with van der Waals surface area (Å²) in [6.45, 7) is 3.74. The number of carbonyl (C=O) groups is 1. The highest BCUT2D eigenvalue weighted by Gasteiger charge is 2.19. The van der Waals surface area contributed by atoms with Crippen LogP contribution in [0.1, 0.15) is 29.6 Å². The maximum absolute atomic E-state index is 12.4. The van der Waals surface area contributed by atoms with E-state index in [9.17, 15) is 4.79 Å². The Bertz CT molecular complexity index is 599. The predicted molar refractivity (Wildman–Crippen MR) is 77.2 cm³/mol. The maximum atomic E-state index is 12.4. The molecular formula is C15H17BNO2. The highest BCUT2D eigenvalue weighted by molar-refractivity contribution is 6.55. The third kappa shape index (κ3) is 2.27. The number of fused-ring (bicyclic) bond motifs is 1. The average Bonchev–Trinajstić information content (AvgIpc) is 2.89. The lowest BCUT2D eigenvalue weighted by molar-refractivity contribution is 0.0724. The second kappa shape index (κ2) is 5.12. The zero-order valence-electron chi connectivity index (χ0n) is 11.2. The number of likely N-dealkylation sites (tertiary alicyclic amines) is 1. The molecule has 1 radical (unpaired) electrons. The lowest BCUT2D eigenvalue weighted by Gasteiger charge is -2.26. The zero-order valence-corrected chi connectivity index (χ0v) is 11.2. The van der Waals surface area contributed by atoms with Crippen molar-refractivity contribution in [2.75, 3.05) is 13.1 Å². The molecule has 1 saturated heterocycles. The Morgan fingerprint density at radius 2 is 2.05 bits per heavy atom. The summed E-state index contributed by atoms with van der Waals surface area (Å²) in [5.74, 6) is 0.125. The highest BCUT2D eigenvalue weighted by Crippen LogP contribution is 2.18. The molecule has 19 heavy (non-hydrogen) atoms. The van der Waals surface area contributed by atoms with E-state index in [2.05, 4.69) is 0 Å². The quantitative estimate of drug-likeness (QED) is 0.771. The zero-order chi connectivity index (χ0) is 13.2. The molecule has 0 N–H and O–H groups in total. The molecule has 1 aliphatic rings. The molecule has 0 unspecified atom stereocenters. The number of piperidine rings is 1. The van der Waals surface area contributed by atoms with Crippen molar-refractivity contribution in [1.29, 1.82) is 0 Å². The number of hydrogen-bond acceptors (Lipinski definition) is 2. The summed E-state index contributed by atoms with van der Waals surface area (Å²) in [4.78, 5) is 14.3. The molecule has 1 fully saturated rings. The number of nitrogens with zero attached hydrogens (tertiary/aromatic N) is 1. The summed E-state index contributed by atoms with van der Waals surface area (Å²) in [6.07, 6.45) is 5.20. The van der Waals surface area contributed by atoms with Crippen molar-refractivity contribution in [2.45, 2.75) is 26.1 Å². The normalized spacial score (nSPS) is 15.7. The van der Waals surface area contributed by atoms with Gasteiger partial charge < -0.3 is 9.32 Å². The summed E-state index contributed by atoms with van der Waals surface area (Å²) in [6, 6.07) is 5.74. The van der Waals surface area contributed by atoms with Gasteiger partial charge in [0.2, 0.25) is 0 Å². The fourth-order valence-electron chi connectivity index (χ4n) is 2.68. The van der Waals surface area contributed by atoms with Crippen LogP contribution in [-0.2, 0) is 0 Å². The van der Waals surface area contributed by atoms with Gasteiger partial charge in [-0.15, -0.1) is 0 Å². The van der Waals surface area contributed by atoms with Crippen molar-refractivity contribution in [3.63, 3.8) is 0 Å². The fraction of sp³-hybridized carbons (Fsp3) is 0.400. The van der Waals surface area contributed by atoms with Gasteiger partial charge in [0.05, 0.1) is 6.26 Å². The van der Waals surface area contributed by atoms with E-state index in [-0.39, 0.29) is 5.91 Å². The van der Waals surface area contributed by atoms with Crippen molar-refractivity contribution < 1.29 is 9.21 Å². The Morgan fingerprint density at radius 3 is 2.79 bits per heavy atom. The fourth-order valence-corrected chi connectivity index (χ4v) is 2.68. The Balaban J connectivity index is 1.90. The number of rotatable bonds is 2. The summed E-state index contributed by atoms with van der Waals surface area (Å²) in [5.41, 5.74) is 2.59. The third-order valence-electron chi connectivity index (χ3n) is 3.81. The van der Waals surface area contributed by atoms with Crippen LogP contribution in [0.3, 0.4) is 0 Å². The van der Waals surface area contributed by atoms with Gasteiger partial charge in [0.1, 0.15) is 5.58 Å². The standard InChI is InChI=1S/C15H17BNO2/c1-16-13-10-19-14-9-11(5-6-12(13)14)15(18)17-7-3-2-4-8-17/h5-6,9-10H,2-4,7-8H2,1H3. The van der Waals surface area contributed by atoms with Crippen molar-refractivity contribution in [3.05, 3.63) is 30.0 Å². The molecule has 0 aliphatic carbocycles. The minimum Gasteiger partial charge on any atom is -0.465 e. The molecular weight excluding hydrogens is 237 g/mol. The molecule has 1 aliphatic heterocycles. The first-order valence-corrected chi connectivity index (χ1v) is 6.89.